The highest BCUT2D eigenvalue weighted by Crippen LogP contribution is 2.22. The molecule has 0 saturated heterocycles. The first-order chi connectivity index (χ1) is 6.81. The van der Waals surface area contributed by atoms with Crippen LogP contribution in [0.1, 0.15) is 11.7 Å². The summed E-state index contributed by atoms with van der Waals surface area (Å²) in [6.07, 6.45) is 4.45. The standard InChI is InChI=1S/C10H13N3O/c1-7-10(8-3-5-12-6-8)13-9(14-7)2-4-11/h3,5-6,12H,2,4,11H2,1H3. The summed E-state index contributed by atoms with van der Waals surface area (Å²) in [5, 5.41) is 0. The lowest BCUT2D eigenvalue weighted by Gasteiger charge is -1.88. The Labute approximate surface area is 82.1 Å². The molecule has 0 aliphatic heterocycles. The smallest absolute Gasteiger partial charge is 0.196 e. The van der Waals surface area contributed by atoms with Crippen LogP contribution in [-0.2, 0) is 6.42 Å². The van der Waals surface area contributed by atoms with Crippen LogP contribution in [0.25, 0.3) is 11.3 Å². The molecule has 2 rings (SSSR count). The molecule has 0 radical (unpaired) electrons. The highest BCUT2D eigenvalue weighted by molar-refractivity contribution is 5.59. The van der Waals surface area contributed by atoms with Crippen LogP contribution in [0.2, 0.25) is 0 Å². The molecule has 0 aromatic carbocycles. The fraction of sp³-hybridized carbons (Fsp3) is 0.300. The van der Waals surface area contributed by atoms with Gasteiger partial charge in [-0.05, 0) is 13.0 Å². The molecule has 3 N–H and O–H groups in total. The first kappa shape index (κ1) is 9.02. The largest absolute Gasteiger partial charge is 0.445 e. The molecule has 0 fully saturated rings. The quantitative estimate of drug-likeness (QED) is 0.772. The van der Waals surface area contributed by atoms with Gasteiger partial charge in [0.2, 0.25) is 0 Å². The van der Waals surface area contributed by atoms with Crippen molar-refractivity contribution in [2.75, 3.05) is 6.54 Å². The molecule has 2 heterocycles. The number of aryl methyl sites for hydroxylation is 1. The Hall–Kier alpha value is -1.55. The Kier molecular flexibility index (Phi) is 2.37. The molecule has 0 aliphatic carbocycles. The van der Waals surface area contributed by atoms with Crippen LogP contribution >= 0.6 is 0 Å². The third kappa shape index (κ3) is 1.56. The number of rotatable bonds is 3. The topological polar surface area (TPSA) is 67.8 Å². The average molecular weight is 191 g/mol. The van der Waals surface area contributed by atoms with Crippen LogP contribution in [0.3, 0.4) is 0 Å². The maximum absolute atomic E-state index is 5.47. The number of nitrogens with two attached hydrogens (primary N) is 1. The minimum absolute atomic E-state index is 0.562. The number of aromatic amines is 1. The third-order valence-electron chi connectivity index (χ3n) is 2.07. The number of hydrogen-bond acceptors (Lipinski definition) is 3. The van der Waals surface area contributed by atoms with Crippen molar-refractivity contribution in [3.63, 3.8) is 0 Å². The minimum atomic E-state index is 0.562. The Balaban J connectivity index is 2.35. The van der Waals surface area contributed by atoms with Gasteiger partial charge in [0.25, 0.3) is 0 Å². The molecule has 0 spiro atoms. The van der Waals surface area contributed by atoms with Crippen molar-refractivity contribution < 1.29 is 4.42 Å². The molecule has 0 amide bonds. The van der Waals surface area contributed by atoms with E-state index in [0.717, 1.165) is 17.0 Å². The maximum Gasteiger partial charge on any atom is 0.196 e. The van der Waals surface area contributed by atoms with Crippen molar-refractivity contribution in [1.29, 1.82) is 0 Å². The van der Waals surface area contributed by atoms with Crippen molar-refractivity contribution in [2.45, 2.75) is 13.3 Å². The Morgan fingerprint density at radius 3 is 3.07 bits per heavy atom. The van der Waals surface area contributed by atoms with Gasteiger partial charge in [-0.3, -0.25) is 0 Å². The molecule has 14 heavy (non-hydrogen) atoms. The van der Waals surface area contributed by atoms with Crippen LogP contribution in [0.15, 0.2) is 22.9 Å². The van der Waals surface area contributed by atoms with Gasteiger partial charge in [-0.25, -0.2) is 4.98 Å². The number of aromatic nitrogens is 2. The first-order valence-electron chi connectivity index (χ1n) is 4.61. The van der Waals surface area contributed by atoms with Gasteiger partial charge in [-0.2, -0.15) is 0 Å². The molecule has 0 unspecified atom stereocenters. The zero-order chi connectivity index (χ0) is 9.97. The van der Waals surface area contributed by atoms with Crippen LogP contribution < -0.4 is 5.73 Å². The molecule has 0 saturated carbocycles. The van der Waals surface area contributed by atoms with Gasteiger partial charge in [0.05, 0.1) is 0 Å². The van der Waals surface area contributed by atoms with Gasteiger partial charge in [-0.15, -0.1) is 0 Å². The molecule has 0 aliphatic rings. The summed E-state index contributed by atoms with van der Waals surface area (Å²) in [5.74, 6) is 1.55. The SMILES string of the molecule is Cc1oc(CCN)nc1-c1cc[nH]c1. The van der Waals surface area contributed by atoms with Crippen molar-refractivity contribution in [1.82, 2.24) is 9.97 Å². The molecule has 74 valence electrons. The molecule has 4 nitrogen and oxygen atoms in total. The average Bonchev–Trinajstić information content (AvgIpc) is 2.74. The van der Waals surface area contributed by atoms with E-state index in [1.807, 2.05) is 25.4 Å². The summed E-state index contributed by atoms with van der Waals surface area (Å²) < 4.78 is 5.47. The highest BCUT2D eigenvalue weighted by atomic mass is 16.4. The monoisotopic (exact) mass is 191 g/mol. The number of nitrogens with one attached hydrogen (secondary N) is 1. The lowest BCUT2D eigenvalue weighted by Crippen LogP contribution is -2.02. The Morgan fingerprint density at radius 2 is 2.43 bits per heavy atom. The molecule has 0 bridgehead atoms. The highest BCUT2D eigenvalue weighted by Gasteiger charge is 2.10. The zero-order valence-corrected chi connectivity index (χ0v) is 8.08. The number of H-pyrrole nitrogens is 1. The Morgan fingerprint density at radius 1 is 1.57 bits per heavy atom. The fourth-order valence-corrected chi connectivity index (χ4v) is 1.42. The summed E-state index contributed by atoms with van der Waals surface area (Å²) in [7, 11) is 0. The van der Waals surface area contributed by atoms with Gasteiger partial charge >= 0.3 is 0 Å². The van der Waals surface area contributed by atoms with Gasteiger partial charge in [-0.1, -0.05) is 0 Å². The van der Waals surface area contributed by atoms with E-state index in [1.165, 1.54) is 0 Å². The van der Waals surface area contributed by atoms with E-state index in [0.29, 0.717) is 18.9 Å². The molecule has 2 aromatic rings. The summed E-state index contributed by atoms with van der Waals surface area (Å²) in [4.78, 5) is 7.37. The van der Waals surface area contributed by atoms with E-state index in [4.69, 9.17) is 10.2 Å². The third-order valence-corrected chi connectivity index (χ3v) is 2.07. The summed E-state index contributed by atoms with van der Waals surface area (Å²) in [5.41, 5.74) is 7.38. The van der Waals surface area contributed by atoms with Gasteiger partial charge in [0.1, 0.15) is 11.5 Å². The number of hydrogen-bond donors (Lipinski definition) is 2. The van der Waals surface area contributed by atoms with Crippen LogP contribution in [-0.4, -0.2) is 16.5 Å². The van der Waals surface area contributed by atoms with Gasteiger partial charge in [0, 0.05) is 30.9 Å². The van der Waals surface area contributed by atoms with Gasteiger partial charge in [0.15, 0.2) is 5.89 Å². The van der Waals surface area contributed by atoms with Crippen molar-refractivity contribution in [2.24, 2.45) is 5.73 Å². The molecule has 0 atom stereocenters. The normalized spacial score (nSPS) is 10.7. The summed E-state index contributed by atoms with van der Waals surface area (Å²) in [6, 6.07) is 1.97. The van der Waals surface area contributed by atoms with Crippen molar-refractivity contribution >= 4 is 0 Å². The molecular weight excluding hydrogens is 178 g/mol. The Bertz CT molecular complexity index is 403. The van der Waals surface area contributed by atoms with E-state index in [1.54, 1.807) is 0 Å². The second-order valence-corrected chi connectivity index (χ2v) is 3.15. The van der Waals surface area contributed by atoms with Crippen LogP contribution in [0.5, 0.6) is 0 Å². The van der Waals surface area contributed by atoms with Crippen LogP contribution in [0, 0.1) is 6.92 Å². The predicted octanol–water partition coefficient (Wildman–Crippen LogP) is 1.48. The van der Waals surface area contributed by atoms with Crippen molar-refractivity contribution in [3.05, 3.63) is 30.1 Å². The van der Waals surface area contributed by atoms with E-state index in [-0.39, 0.29) is 0 Å². The van der Waals surface area contributed by atoms with E-state index in [2.05, 4.69) is 9.97 Å². The van der Waals surface area contributed by atoms with Gasteiger partial charge < -0.3 is 15.1 Å². The summed E-state index contributed by atoms with van der Waals surface area (Å²) >= 11 is 0. The lowest BCUT2D eigenvalue weighted by atomic mass is 10.2. The second kappa shape index (κ2) is 3.67. The van der Waals surface area contributed by atoms with E-state index in [9.17, 15) is 0 Å². The van der Waals surface area contributed by atoms with E-state index >= 15 is 0 Å². The number of nitrogens with zero attached hydrogens (tertiary/aromatic N) is 1. The minimum Gasteiger partial charge on any atom is -0.445 e. The number of oxazole rings is 1. The van der Waals surface area contributed by atoms with E-state index < -0.39 is 0 Å². The van der Waals surface area contributed by atoms with Crippen LogP contribution in [0.4, 0.5) is 0 Å². The molecule has 4 heteroatoms. The molecular formula is C10H13N3O. The second-order valence-electron chi connectivity index (χ2n) is 3.15. The molecule has 2 aromatic heterocycles. The zero-order valence-electron chi connectivity index (χ0n) is 8.08. The predicted molar refractivity (Wildman–Crippen MR) is 53.8 cm³/mol. The fourth-order valence-electron chi connectivity index (χ4n) is 1.42. The lowest BCUT2D eigenvalue weighted by molar-refractivity contribution is 0.473. The maximum atomic E-state index is 5.47. The first-order valence-corrected chi connectivity index (χ1v) is 4.61. The van der Waals surface area contributed by atoms with Crippen molar-refractivity contribution in [3.8, 4) is 11.3 Å². The summed E-state index contributed by atoms with van der Waals surface area (Å²) in [6.45, 7) is 2.47.